The number of carbonyl (C=O) groups excluding carboxylic acids is 1. The van der Waals surface area contributed by atoms with Gasteiger partial charge in [-0.3, -0.25) is 0 Å². The highest BCUT2D eigenvalue weighted by molar-refractivity contribution is 6.32. The molecule has 0 fully saturated rings. The average molecular weight is 295 g/mol. The fraction of sp³-hybridized carbons (Fsp3) is 0.133. The lowest BCUT2D eigenvalue weighted by Crippen LogP contribution is -2.03. The molecule has 0 unspecified atom stereocenters. The van der Waals surface area contributed by atoms with Gasteiger partial charge in [0, 0.05) is 0 Å². The number of hydrogen-bond acceptors (Lipinski definition) is 3. The van der Waals surface area contributed by atoms with Gasteiger partial charge in [-0.15, -0.1) is 0 Å². The lowest BCUT2D eigenvalue weighted by atomic mass is 10.1. The van der Waals surface area contributed by atoms with Gasteiger partial charge in [0.1, 0.15) is 18.2 Å². The van der Waals surface area contributed by atoms with Crippen LogP contribution in [0.4, 0.5) is 4.39 Å². The van der Waals surface area contributed by atoms with Gasteiger partial charge in [-0.05, 0) is 35.9 Å². The zero-order valence-corrected chi connectivity index (χ0v) is 11.5. The van der Waals surface area contributed by atoms with E-state index in [1.54, 1.807) is 18.2 Å². The van der Waals surface area contributed by atoms with Crippen LogP contribution in [0, 0.1) is 5.82 Å². The molecule has 0 aliphatic carbocycles. The summed E-state index contributed by atoms with van der Waals surface area (Å²) >= 11 is 5.86. The molecule has 0 atom stereocenters. The maximum atomic E-state index is 12.9. The van der Waals surface area contributed by atoms with E-state index in [9.17, 15) is 9.18 Å². The van der Waals surface area contributed by atoms with E-state index in [0.717, 1.165) is 5.56 Å². The fourth-order valence-electron chi connectivity index (χ4n) is 1.66. The molecule has 0 aromatic heterocycles. The van der Waals surface area contributed by atoms with Crippen molar-refractivity contribution in [2.75, 3.05) is 7.11 Å². The predicted octanol–water partition coefficient (Wildman–Crippen LogP) is 3.84. The van der Waals surface area contributed by atoms with Crippen LogP contribution in [-0.2, 0) is 11.3 Å². The van der Waals surface area contributed by atoms with Crippen LogP contribution in [0.1, 0.15) is 15.9 Å². The smallest absolute Gasteiger partial charge is 0.337 e. The molecule has 0 N–H and O–H groups in total. The standard InChI is InChI=1S/C15H12ClFO3/c1-19-15(18)11-4-2-3-10(7-11)9-20-14-6-5-12(17)8-13(14)16/h2-8H,9H2,1H3. The molecule has 0 bridgehead atoms. The Morgan fingerprint density at radius 2 is 2.05 bits per heavy atom. The third-order valence-corrected chi connectivity index (χ3v) is 2.93. The topological polar surface area (TPSA) is 35.5 Å². The molecule has 2 rings (SSSR count). The lowest BCUT2D eigenvalue weighted by molar-refractivity contribution is 0.0600. The molecular formula is C15H12ClFO3. The summed E-state index contributed by atoms with van der Waals surface area (Å²) in [5, 5.41) is 0.203. The molecule has 2 aromatic carbocycles. The minimum absolute atomic E-state index is 0.203. The van der Waals surface area contributed by atoms with E-state index in [1.165, 1.54) is 25.3 Å². The first kappa shape index (κ1) is 14.3. The first-order valence-corrected chi connectivity index (χ1v) is 6.23. The highest BCUT2D eigenvalue weighted by Crippen LogP contribution is 2.25. The average Bonchev–Trinajstić information content (AvgIpc) is 2.46. The van der Waals surface area contributed by atoms with Crippen molar-refractivity contribution < 1.29 is 18.7 Å². The maximum absolute atomic E-state index is 12.9. The van der Waals surface area contributed by atoms with E-state index < -0.39 is 11.8 Å². The molecule has 104 valence electrons. The number of rotatable bonds is 4. The molecule has 3 nitrogen and oxygen atoms in total. The van der Waals surface area contributed by atoms with E-state index in [-0.39, 0.29) is 11.6 Å². The van der Waals surface area contributed by atoms with Gasteiger partial charge in [0.25, 0.3) is 0 Å². The van der Waals surface area contributed by atoms with Crippen molar-refractivity contribution in [3.05, 3.63) is 64.4 Å². The molecule has 0 heterocycles. The summed E-state index contributed by atoms with van der Waals surface area (Å²) in [5.41, 5.74) is 1.23. The van der Waals surface area contributed by atoms with Gasteiger partial charge < -0.3 is 9.47 Å². The predicted molar refractivity (Wildman–Crippen MR) is 73.5 cm³/mol. The number of ether oxygens (including phenoxy) is 2. The number of halogens is 2. The highest BCUT2D eigenvalue weighted by Gasteiger charge is 2.07. The van der Waals surface area contributed by atoms with E-state index >= 15 is 0 Å². The summed E-state index contributed by atoms with van der Waals surface area (Å²) in [6, 6.07) is 10.8. The summed E-state index contributed by atoms with van der Waals surface area (Å²) in [5.74, 6) is -0.446. The second-order valence-corrected chi connectivity index (χ2v) is 4.46. The summed E-state index contributed by atoms with van der Waals surface area (Å²) in [6.07, 6.45) is 0. The Kier molecular flexibility index (Phi) is 4.58. The highest BCUT2D eigenvalue weighted by atomic mass is 35.5. The van der Waals surface area contributed by atoms with Crippen LogP contribution in [0.3, 0.4) is 0 Å². The minimum atomic E-state index is -0.421. The molecular weight excluding hydrogens is 283 g/mol. The van der Waals surface area contributed by atoms with Crippen LogP contribution in [0.25, 0.3) is 0 Å². The second kappa shape index (κ2) is 6.39. The van der Waals surface area contributed by atoms with Gasteiger partial charge in [-0.2, -0.15) is 0 Å². The van der Waals surface area contributed by atoms with Crippen LogP contribution in [0.2, 0.25) is 5.02 Å². The number of methoxy groups -OCH3 is 1. The Morgan fingerprint density at radius 1 is 1.25 bits per heavy atom. The second-order valence-electron chi connectivity index (χ2n) is 4.06. The molecule has 5 heteroatoms. The Bertz CT molecular complexity index is 628. The van der Waals surface area contributed by atoms with Gasteiger partial charge in [-0.1, -0.05) is 23.7 Å². The summed E-state index contributed by atoms with van der Waals surface area (Å²) in [6.45, 7) is 0.218. The van der Waals surface area contributed by atoms with Crippen molar-refractivity contribution >= 4 is 17.6 Å². The fourth-order valence-corrected chi connectivity index (χ4v) is 1.88. The van der Waals surface area contributed by atoms with Crippen LogP contribution < -0.4 is 4.74 Å². The molecule has 0 aliphatic heterocycles. The molecule has 0 spiro atoms. The van der Waals surface area contributed by atoms with E-state index in [4.69, 9.17) is 16.3 Å². The Balaban J connectivity index is 2.09. The molecule has 0 amide bonds. The first-order valence-electron chi connectivity index (χ1n) is 5.85. The normalized spacial score (nSPS) is 10.2. The molecule has 2 aromatic rings. The van der Waals surface area contributed by atoms with Gasteiger partial charge in [-0.25, -0.2) is 9.18 Å². The number of carbonyl (C=O) groups is 1. The first-order chi connectivity index (χ1) is 9.60. The Labute approximate surface area is 120 Å². The minimum Gasteiger partial charge on any atom is -0.487 e. The number of hydrogen-bond donors (Lipinski definition) is 0. The van der Waals surface area contributed by atoms with Crippen molar-refractivity contribution in [3.63, 3.8) is 0 Å². The molecule has 0 saturated carbocycles. The monoisotopic (exact) mass is 294 g/mol. The van der Waals surface area contributed by atoms with Crippen LogP contribution in [0.5, 0.6) is 5.75 Å². The Morgan fingerprint density at radius 3 is 2.75 bits per heavy atom. The van der Waals surface area contributed by atoms with Gasteiger partial charge in [0.05, 0.1) is 17.7 Å². The van der Waals surface area contributed by atoms with Crippen molar-refractivity contribution in [1.29, 1.82) is 0 Å². The quantitative estimate of drug-likeness (QED) is 0.804. The zero-order chi connectivity index (χ0) is 14.5. The number of benzene rings is 2. The van der Waals surface area contributed by atoms with Crippen molar-refractivity contribution in [2.24, 2.45) is 0 Å². The van der Waals surface area contributed by atoms with Crippen LogP contribution in [-0.4, -0.2) is 13.1 Å². The summed E-state index contributed by atoms with van der Waals surface area (Å²) in [4.78, 5) is 11.4. The van der Waals surface area contributed by atoms with Gasteiger partial charge in [0.2, 0.25) is 0 Å². The molecule has 0 aliphatic rings. The number of esters is 1. The third-order valence-electron chi connectivity index (χ3n) is 2.64. The largest absolute Gasteiger partial charge is 0.487 e. The van der Waals surface area contributed by atoms with Gasteiger partial charge in [0.15, 0.2) is 0 Å². The lowest BCUT2D eigenvalue weighted by Gasteiger charge is -2.09. The molecule has 0 saturated heterocycles. The maximum Gasteiger partial charge on any atom is 0.337 e. The van der Waals surface area contributed by atoms with E-state index in [0.29, 0.717) is 11.3 Å². The molecule has 0 radical (unpaired) electrons. The summed E-state index contributed by atoms with van der Waals surface area (Å²) in [7, 11) is 1.32. The van der Waals surface area contributed by atoms with Crippen LogP contribution in [0.15, 0.2) is 42.5 Å². The van der Waals surface area contributed by atoms with E-state index in [1.807, 2.05) is 6.07 Å². The van der Waals surface area contributed by atoms with Gasteiger partial charge >= 0.3 is 5.97 Å². The summed E-state index contributed by atoms with van der Waals surface area (Å²) < 4.78 is 23.0. The molecule has 20 heavy (non-hydrogen) atoms. The van der Waals surface area contributed by atoms with Crippen molar-refractivity contribution in [2.45, 2.75) is 6.61 Å². The third kappa shape index (κ3) is 3.48. The SMILES string of the molecule is COC(=O)c1cccc(COc2ccc(F)cc2Cl)c1. The van der Waals surface area contributed by atoms with Crippen LogP contribution >= 0.6 is 11.6 Å². The Hall–Kier alpha value is -2.07. The van der Waals surface area contributed by atoms with E-state index in [2.05, 4.69) is 4.74 Å². The van der Waals surface area contributed by atoms with Crippen molar-refractivity contribution in [3.8, 4) is 5.75 Å². The zero-order valence-electron chi connectivity index (χ0n) is 10.7. The van der Waals surface area contributed by atoms with Crippen molar-refractivity contribution in [1.82, 2.24) is 0 Å².